The zero-order valence-electron chi connectivity index (χ0n) is 12.7. The Bertz CT molecular complexity index is 572. The Morgan fingerprint density at radius 3 is 2.95 bits per heavy atom. The quantitative estimate of drug-likeness (QED) is 0.799. The highest BCUT2D eigenvalue weighted by molar-refractivity contribution is 7.89. The molecule has 1 aromatic carbocycles. The highest BCUT2D eigenvalue weighted by atomic mass is 32.2. The predicted molar refractivity (Wildman–Crippen MR) is 84.0 cm³/mol. The fourth-order valence-electron chi connectivity index (χ4n) is 2.24. The largest absolute Gasteiger partial charge is 0.493 e. The van der Waals surface area contributed by atoms with Crippen LogP contribution >= 0.6 is 0 Å². The Kier molecular flexibility index (Phi) is 5.61. The summed E-state index contributed by atoms with van der Waals surface area (Å²) < 4.78 is 31.0. The lowest BCUT2D eigenvalue weighted by atomic mass is 10.0. The molecular formula is C15H24N2O3S. The minimum absolute atomic E-state index is 0.0820. The third kappa shape index (κ3) is 4.98. The van der Waals surface area contributed by atoms with Crippen LogP contribution < -0.4 is 14.8 Å². The van der Waals surface area contributed by atoms with Crippen molar-refractivity contribution in [2.24, 2.45) is 0 Å². The molecule has 0 amide bonds. The number of fused-ring (bicyclic) bond motifs is 1. The molecule has 0 saturated carbocycles. The van der Waals surface area contributed by atoms with E-state index in [0.717, 1.165) is 31.7 Å². The zero-order chi connectivity index (χ0) is 15.3. The number of benzene rings is 1. The number of ether oxygens (including phenoxy) is 1. The van der Waals surface area contributed by atoms with E-state index >= 15 is 0 Å². The molecule has 0 saturated heterocycles. The van der Waals surface area contributed by atoms with Crippen molar-refractivity contribution in [1.82, 2.24) is 10.0 Å². The monoisotopic (exact) mass is 312 g/mol. The SMILES string of the molecule is CCS(=O)(=O)NCC(C)NCc1ccc2c(c1)CCCO2. The van der Waals surface area contributed by atoms with Crippen LogP contribution in [0.5, 0.6) is 5.75 Å². The molecule has 1 aromatic rings. The lowest BCUT2D eigenvalue weighted by Crippen LogP contribution is -2.39. The first-order chi connectivity index (χ1) is 10.00. The minimum Gasteiger partial charge on any atom is -0.493 e. The first-order valence-electron chi connectivity index (χ1n) is 7.45. The van der Waals surface area contributed by atoms with Crippen molar-refractivity contribution in [1.29, 1.82) is 0 Å². The molecule has 0 fully saturated rings. The summed E-state index contributed by atoms with van der Waals surface area (Å²) in [6.07, 6.45) is 2.13. The fraction of sp³-hybridized carbons (Fsp3) is 0.600. The second-order valence-corrected chi connectivity index (χ2v) is 7.52. The molecule has 2 N–H and O–H groups in total. The van der Waals surface area contributed by atoms with Gasteiger partial charge >= 0.3 is 0 Å². The first-order valence-corrected chi connectivity index (χ1v) is 9.10. The summed E-state index contributed by atoms with van der Waals surface area (Å²) in [4.78, 5) is 0. The van der Waals surface area contributed by atoms with Crippen LogP contribution in [-0.2, 0) is 23.0 Å². The lowest BCUT2D eigenvalue weighted by Gasteiger charge is -2.19. The van der Waals surface area contributed by atoms with Crippen LogP contribution in [0.4, 0.5) is 0 Å². The van der Waals surface area contributed by atoms with Gasteiger partial charge in [-0.05, 0) is 43.9 Å². The molecular weight excluding hydrogens is 288 g/mol. The van der Waals surface area contributed by atoms with Gasteiger partial charge in [-0.15, -0.1) is 0 Å². The smallest absolute Gasteiger partial charge is 0.211 e. The van der Waals surface area contributed by atoms with E-state index in [1.807, 2.05) is 13.0 Å². The molecule has 1 heterocycles. The van der Waals surface area contributed by atoms with Crippen molar-refractivity contribution >= 4 is 10.0 Å². The highest BCUT2D eigenvalue weighted by Gasteiger charge is 2.12. The first kappa shape index (κ1) is 16.3. The third-order valence-corrected chi connectivity index (χ3v) is 4.98. The van der Waals surface area contributed by atoms with Gasteiger partial charge in [-0.3, -0.25) is 0 Å². The van der Waals surface area contributed by atoms with Crippen LogP contribution in [0.3, 0.4) is 0 Å². The third-order valence-electron chi connectivity index (χ3n) is 3.62. The molecule has 6 heteroatoms. The Morgan fingerprint density at radius 1 is 1.38 bits per heavy atom. The molecule has 0 aromatic heterocycles. The molecule has 1 aliphatic heterocycles. The normalized spacial score (nSPS) is 16.1. The molecule has 0 aliphatic carbocycles. The molecule has 1 unspecified atom stereocenters. The van der Waals surface area contributed by atoms with Gasteiger partial charge in [-0.25, -0.2) is 13.1 Å². The van der Waals surface area contributed by atoms with Gasteiger partial charge in [-0.2, -0.15) is 0 Å². The average molecular weight is 312 g/mol. The van der Waals surface area contributed by atoms with Gasteiger partial charge < -0.3 is 10.1 Å². The van der Waals surface area contributed by atoms with Gasteiger partial charge in [0.25, 0.3) is 0 Å². The number of aryl methyl sites for hydroxylation is 1. The number of hydrogen-bond donors (Lipinski definition) is 2. The van der Waals surface area contributed by atoms with Crippen molar-refractivity contribution in [2.45, 2.75) is 39.3 Å². The van der Waals surface area contributed by atoms with Gasteiger partial charge in [0.05, 0.1) is 12.4 Å². The molecule has 1 aliphatic rings. The Balaban J connectivity index is 1.82. The maximum absolute atomic E-state index is 11.4. The van der Waals surface area contributed by atoms with Gasteiger partial charge in [0, 0.05) is 19.1 Å². The molecule has 21 heavy (non-hydrogen) atoms. The molecule has 0 radical (unpaired) electrons. The summed E-state index contributed by atoms with van der Waals surface area (Å²) in [5.74, 6) is 1.11. The molecule has 1 atom stereocenters. The van der Waals surface area contributed by atoms with Gasteiger partial charge in [-0.1, -0.05) is 12.1 Å². The summed E-state index contributed by atoms with van der Waals surface area (Å²) in [6.45, 7) is 5.54. The van der Waals surface area contributed by atoms with Gasteiger partial charge in [0.1, 0.15) is 5.75 Å². The number of sulfonamides is 1. The van der Waals surface area contributed by atoms with Crippen LogP contribution in [0.1, 0.15) is 31.4 Å². The molecule has 5 nitrogen and oxygen atoms in total. The van der Waals surface area contributed by atoms with Crippen LogP contribution in [0.15, 0.2) is 18.2 Å². The molecule has 0 spiro atoms. The topological polar surface area (TPSA) is 67.4 Å². The maximum atomic E-state index is 11.4. The van der Waals surface area contributed by atoms with Crippen LogP contribution in [0, 0.1) is 0 Å². The number of nitrogens with one attached hydrogen (secondary N) is 2. The van der Waals surface area contributed by atoms with Gasteiger partial charge in [0.15, 0.2) is 0 Å². The highest BCUT2D eigenvalue weighted by Crippen LogP contribution is 2.25. The number of rotatable bonds is 7. The predicted octanol–water partition coefficient (Wildman–Crippen LogP) is 1.43. The molecule has 118 valence electrons. The standard InChI is InChI=1S/C15H24N2O3S/c1-3-21(18,19)17-10-12(2)16-11-13-6-7-15-14(9-13)5-4-8-20-15/h6-7,9,12,16-17H,3-5,8,10-11H2,1-2H3. The Hall–Kier alpha value is -1.11. The summed E-state index contributed by atoms with van der Waals surface area (Å²) in [7, 11) is -3.12. The Labute approximate surface area is 127 Å². The van der Waals surface area contributed by atoms with Crippen molar-refractivity contribution in [3.8, 4) is 5.75 Å². The minimum atomic E-state index is -3.12. The van der Waals surface area contributed by atoms with Crippen LogP contribution in [-0.4, -0.2) is 33.4 Å². The fourth-order valence-corrected chi connectivity index (χ4v) is 2.95. The Morgan fingerprint density at radius 2 is 2.19 bits per heavy atom. The zero-order valence-corrected chi connectivity index (χ0v) is 13.5. The maximum Gasteiger partial charge on any atom is 0.211 e. The van der Waals surface area contributed by atoms with Crippen molar-refractivity contribution in [2.75, 3.05) is 18.9 Å². The number of hydrogen-bond acceptors (Lipinski definition) is 4. The van der Waals surface area contributed by atoms with E-state index in [-0.39, 0.29) is 11.8 Å². The molecule has 2 rings (SSSR count). The van der Waals surface area contributed by atoms with Crippen molar-refractivity contribution < 1.29 is 13.2 Å². The summed E-state index contributed by atoms with van der Waals surface area (Å²) in [6, 6.07) is 6.33. The van der Waals surface area contributed by atoms with E-state index in [0.29, 0.717) is 6.54 Å². The van der Waals surface area contributed by atoms with E-state index < -0.39 is 10.0 Å². The average Bonchev–Trinajstić information content (AvgIpc) is 2.51. The van der Waals surface area contributed by atoms with Crippen LogP contribution in [0.25, 0.3) is 0 Å². The van der Waals surface area contributed by atoms with Crippen molar-refractivity contribution in [3.63, 3.8) is 0 Å². The molecule has 0 bridgehead atoms. The van der Waals surface area contributed by atoms with Gasteiger partial charge in [0.2, 0.25) is 10.0 Å². The lowest BCUT2D eigenvalue weighted by molar-refractivity contribution is 0.288. The summed E-state index contributed by atoms with van der Waals surface area (Å²) in [5.41, 5.74) is 2.46. The van der Waals surface area contributed by atoms with E-state index in [9.17, 15) is 8.42 Å². The second kappa shape index (κ2) is 7.24. The van der Waals surface area contributed by atoms with E-state index in [2.05, 4.69) is 22.2 Å². The van der Waals surface area contributed by atoms with E-state index in [4.69, 9.17) is 4.74 Å². The van der Waals surface area contributed by atoms with Crippen LogP contribution in [0.2, 0.25) is 0 Å². The second-order valence-electron chi connectivity index (χ2n) is 5.43. The van der Waals surface area contributed by atoms with E-state index in [1.54, 1.807) is 6.92 Å². The summed E-state index contributed by atoms with van der Waals surface area (Å²) in [5, 5.41) is 3.33. The summed E-state index contributed by atoms with van der Waals surface area (Å²) >= 11 is 0. The van der Waals surface area contributed by atoms with Crippen molar-refractivity contribution in [3.05, 3.63) is 29.3 Å². The van der Waals surface area contributed by atoms with E-state index in [1.165, 1.54) is 11.1 Å².